The number of hydrogen-bond donors (Lipinski definition) is 5. The molecule has 6 atom stereocenters. The molecule has 1 heterocycles. The summed E-state index contributed by atoms with van der Waals surface area (Å²) in [7, 11) is -2.02. The summed E-state index contributed by atoms with van der Waals surface area (Å²) in [5.41, 5.74) is 0. The van der Waals surface area contributed by atoms with Gasteiger partial charge in [-0.1, -0.05) is 12.2 Å². The van der Waals surface area contributed by atoms with Crippen molar-refractivity contribution in [1.29, 1.82) is 0 Å². The third kappa shape index (κ3) is 7.66. The van der Waals surface area contributed by atoms with Crippen molar-refractivity contribution in [1.82, 2.24) is 0 Å². The number of thiophene rings is 1. The Morgan fingerprint density at radius 2 is 2.00 bits per heavy atom. The summed E-state index contributed by atoms with van der Waals surface area (Å²) in [6, 6.07) is 3.70. The van der Waals surface area contributed by atoms with Gasteiger partial charge in [0.1, 0.15) is 0 Å². The van der Waals surface area contributed by atoms with Crippen molar-refractivity contribution < 1.29 is 25.1 Å². The highest BCUT2D eigenvalue weighted by atomic mass is 35.5. The van der Waals surface area contributed by atoms with Crippen molar-refractivity contribution in [3.63, 3.8) is 0 Å². The van der Waals surface area contributed by atoms with Crippen LogP contribution in [-0.4, -0.2) is 48.8 Å². The van der Waals surface area contributed by atoms with Gasteiger partial charge in [-0.15, -0.1) is 22.9 Å². The average molecular weight is 451 g/mol. The minimum absolute atomic E-state index is 0.0597. The van der Waals surface area contributed by atoms with Crippen molar-refractivity contribution in [3.8, 4) is 0 Å². The van der Waals surface area contributed by atoms with E-state index in [2.05, 4.69) is 0 Å². The standard InChI is InChI=1S/C20H32ClO5PS/c1-13(22)4-2-5-14(23)8-10-17-16(18(21)12-19(17)24)7-3-6-15-9-11-20(28-15)27(25)26/h8-11,13-14,16-19,22-26H,2-7,12H2,1H3/b10-8+/t13-,14+,16-,17-,18-,19-/m1/s1. The summed E-state index contributed by atoms with van der Waals surface area (Å²) in [6.45, 7) is 1.74. The number of hydrogen-bond acceptors (Lipinski definition) is 6. The van der Waals surface area contributed by atoms with Crippen molar-refractivity contribution in [2.75, 3.05) is 0 Å². The lowest BCUT2D eigenvalue weighted by atomic mass is 9.89. The summed E-state index contributed by atoms with van der Waals surface area (Å²) in [5.74, 6) is 0.0975. The van der Waals surface area contributed by atoms with E-state index in [1.54, 1.807) is 19.1 Å². The summed E-state index contributed by atoms with van der Waals surface area (Å²) >= 11 is 7.91. The molecule has 5 nitrogen and oxygen atoms in total. The molecule has 0 radical (unpaired) electrons. The lowest BCUT2D eigenvalue weighted by molar-refractivity contribution is 0.138. The molecule has 28 heavy (non-hydrogen) atoms. The first-order chi connectivity index (χ1) is 13.3. The van der Waals surface area contributed by atoms with Crippen LogP contribution in [0.3, 0.4) is 0 Å². The smallest absolute Gasteiger partial charge is 0.210 e. The molecule has 0 amide bonds. The van der Waals surface area contributed by atoms with Crippen LogP contribution in [0, 0.1) is 11.8 Å². The maximum atomic E-state index is 10.4. The summed E-state index contributed by atoms with van der Waals surface area (Å²) in [5, 5.41) is 29.7. The van der Waals surface area contributed by atoms with E-state index >= 15 is 0 Å². The molecule has 1 aromatic heterocycles. The highest BCUT2D eigenvalue weighted by molar-refractivity contribution is 7.62. The van der Waals surface area contributed by atoms with E-state index in [9.17, 15) is 25.1 Å². The van der Waals surface area contributed by atoms with Gasteiger partial charge in [0, 0.05) is 16.2 Å². The van der Waals surface area contributed by atoms with Gasteiger partial charge in [0.25, 0.3) is 0 Å². The SMILES string of the molecule is C[C@@H](O)CCC[C@H](O)/C=C/[C@@H]1[C@@H](CCCc2ccc(P(O)O)s2)[C@H](Cl)C[C@H]1O. The third-order valence-corrected chi connectivity index (χ3v) is 8.11. The fraction of sp³-hybridized carbons (Fsp3) is 0.700. The fourth-order valence-corrected chi connectivity index (χ4v) is 5.98. The quantitative estimate of drug-likeness (QED) is 0.203. The molecule has 160 valence electrons. The second-order valence-corrected chi connectivity index (χ2v) is 10.8. The Bertz CT molecular complexity index is 609. The summed E-state index contributed by atoms with van der Waals surface area (Å²) < 4.78 is 0.613. The minimum atomic E-state index is -2.02. The highest BCUT2D eigenvalue weighted by Crippen LogP contribution is 2.40. The molecular formula is C20H32ClO5PS. The van der Waals surface area contributed by atoms with Crippen LogP contribution in [0.1, 0.15) is 50.3 Å². The third-order valence-electron chi connectivity index (χ3n) is 5.35. The Morgan fingerprint density at radius 3 is 2.64 bits per heavy atom. The van der Waals surface area contributed by atoms with Gasteiger partial charge < -0.3 is 25.1 Å². The molecule has 8 heteroatoms. The molecule has 1 aromatic rings. The van der Waals surface area contributed by atoms with Gasteiger partial charge in [0.2, 0.25) is 8.38 Å². The van der Waals surface area contributed by atoms with Crippen LogP contribution in [0.5, 0.6) is 0 Å². The largest absolute Gasteiger partial charge is 0.393 e. The van der Waals surface area contributed by atoms with E-state index in [0.717, 1.165) is 30.6 Å². The molecule has 2 rings (SSSR count). The first-order valence-electron chi connectivity index (χ1n) is 9.91. The molecule has 0 aromatic carbocycles. The Morgan fingerprint density at radius 1 is 1.25 bits per heavy atom. The molecule has 0 spiro atoms. The van der Waals surface area contributed by atoms with Crippen LogP contribution in [0.4, 0.5) is 0 Å². The zero-order valence-corrected chi connectivity index (χ0v) is 18.7. The Kier molecular flexibility index (Phi) is 10.4. The van der Waals surface area contributed by atoms with Gasteiger partial charge >= 0.3 is 0 Å². The van der Waals surface area contributed by atoms with Gasteiger partial charge in [-0.05, 0) is 69.9 Å². The number of alkyl halides is 1. The van der Waals surface area contributed by atoms with Gasteiger partial charge in [-0.2, -0.15) is 0 Å². The first-order valence-corrected chi connectivity index (χ1v) is 12.4. The van der Waals surface area contributed by atoms with Crippen LogP contribution in [0.25, 0.3) is 0 Å². The Hall–Kier alpha value is -0.0400. The van der Waals surface area contributed by atoms with E-state index < -0.39 is 20.6 Å². The van der Waals surface area contributed by atoms with Gasteiger partial charge in [0.05, 0.1) is 22.9 Å². The normalized spacial score (nSPS) is 27.7. The second kappa shape index (κ2) is 12.0. The van der Waals surface area contributed by atoms with Crippen LogP contribution in [-0.2, 0) is 6.42 Å². The van der Waals surface area contributed by atoms with E-state index in [1.165, 1.54) is 11.3 Å². The molecule has 1 saturated carbocycles. The van der Waals surface area contributed by atoms with Gasteiger partial charge in [-0.3, -0.25) is 0 Å². The Labute approximate surface area is 177 Å². The number of rotatable bonds is 11. The molecule has 1 aliphatic carbocycles. The fourth-order valence-electron chi connectivity index (χ4n) is 3.83. The first kappa shape index (κ1) is 24.2. The molecule has 0 unspecified atom stereocenters. The topological polar surface area (TPSA) is 101 Å². The monoisotopic (exact) mass is 450 g/mol. The predicted octanol–water partition coefficient (Wildman–Crippen LogP) is 3.07. The molecule has 5 N–H and O–H groups in total. The lowest BCUT2D eigenvalue weighted by Crippen LogP contribution is -2.19. The van der Waals surface area contributed by atoms with Crippen LogP contribution >= 0.6 is 31.3 Å². The summed E-state index contributed by atoms with van der Waals surface area (Å²) in [4.78, 5) is 19.6. The zero-order valence-electron chi connectivity index (χ0n) is 16.2. The average Bonchev–Trinajstić information content (AvgIpc) is 3.18. The van der Waals surface area contributed by atoms with Crippen LogP contribution in [0.2, 0.25) is 0 Å². The highest BCUT2D eigenvalue weighted by Gasteiger charge is 2.39. The maximum absolute atomic E-state index is 10.4. The number of halogens is 1. The van der Waals surface area contributed by atoms with Crippen molar-refractivity contribution in [2.45, 2.75) is 75.6 Å². The van der Waals surface area contributed by atoms with Crippen LogP contribution in [0.15, 0.2) is 24.3 Å². The van der Waals surface area contributed by atoms with E-state index in [4.69, 9.17) is 11.6 Å². The van der Waals surface area contributed by atoms with Gasteiger partial charge in [0.15, 0.2) is 0 Å². The molecule has 0 bridgehead atoms. The van der Waals surface area contributed by atoms with Crippen molar-refractivity contribution in [3.05, 3.63) is 29.2 Å². The second-order valence-electron chi connectivity index (χ2n) is 7.71. The zero-order chi connectivity index (χ0) is 20.7. The Balaban J connectivity index is 1.84. The molecule has 1 aliphatic rings. The van der Waals surface area contributed by atoms with E-state index in [1.807, 2.05) is 12.1 Å². The molecule has 1 fully saturated rings. The minimum Gasteiger partial charge on any atom is -0.393 e. The van der Waals surface area contributed by atoms with Gasteiger partial charge in [-0.25, -0.2) is 0 Å². The predicted molar refractivity (Wildman–Crippen MR) is 116 cm³/mol. The lowest BCUT2D eigenvalue weighted by Gasteiger charge is -2.21. The summed E-state index contributed by atoms with van der Waals surface area (Å²) in [6.07, 6.45) is 7.47. The molecule has 0 saturated heterocycles. The molecular weight excluding hydrogens is 419 g/mol. The van der Waals surface area contributed by atoms with Crippen molar-refractivity contribution >= 4 is 35.9 Å². The number of aliphatic hydroxyl groups is 3. The number of aryl methyl sites for hydroxylation is 1. The maximum Gasteiger partial charge on any atom is 0.210 e. The molecule has 0 aliphatic heterocycles. The van der Waals surface area contributed by atoms with E-state index in [0.29, 0.717) is 23.9 Å². The van der Waals surface area contributed by atoms with Crippen molar-refractivity contribution in [2.24, 2.45) is 11.8 Å². The van der Waals surface area contributed by atoms with E-state index in [-0.39, 0.29) is 23.3 Å². The number of aliphatic hydroxyl groups excluding tert-OH is 3. The van der Waals surface area contributed by atoms with Crippen LogP contribution < -0.4 is 4.62 Å².